The van der Waals surface area contributed by atoms with Gasteiger partial charge in [0, 0.05) is 12.7 Å². The van der Waals surface area contributed by atoms with Crippen LogP contribution in [0.25, 0.3) is 0 Å². The van der Waals surface area contributed by atoms with Gasteiger partial charge in [0.2, 0.25) is 0 Å². The van der Waals surface area contributed by atoms with Crippen molar-refractivity contribution in [3.63, 3.8) is 0 Å². The molecule has 160 valence electrons. The highest BCUT2D eigenvalue weighted by molar-refractivity contribution is 6.00. The fourth-order valence-corrected chi connectivity index (χ4v) is 2.52. The smallest absolute Gasteiger partial charge is 0.339 e. The number of amides is 1. The third-order valence-electron chi connectivity index (χ3n) is 4.20. The summed E-state index contributed by atoms with van der Waals surface area (Å²) >= 11 is 0. The van der Waals surface area contributed by atoms with Crippen LogP contribution in [-0.4, -0.2) is 39.2 Å². The van der Waals surface area contributed by atoms with Crippen LogP contribution >= 0.6 is 0 Å². The Bertz CT molecular complexity index is 1040. The van der Waals surface area contributed by atoms with E-state index < -0.39 is 17.8 Å². The predicted octanol–water partition coefficient (Wildman–Crippen LogP) is 2.40. The molecule has 2 aromatic carbocycles. The highest BCUT2D eigenvalue weighted by Crippen LogP contribution is 2.20. The minimum absolute atomic E-state index is 0.113. The Kier molecular flexibility index (Phi) is 8.16. The van der Waals surface area contributed by atoms with E-state index in [1.807, 2.05) is 0 Å². The van der Waals surface area contributed by atoms with Gasteiger partial charge < -0.3 is 24.8 Å². The number of anilines is 1. The monoisotopic (exact) mass is 423 g/mol. The first-order valence-corrected chi connectivity index (χ1v) is 9.02. The van der Waals surface area contributed by atoms with Crippen molar-refractivity contribution in [3.8, 4) is 11.8 Å². The van der Waals surface area contributed by atoms with E-state index in [0.29, 0.717) is 5.75 Å². The van der Waals surface area contributed by atoms with E-state index in [1.165, 1.54) is 32.4 Å². The van der Waals surface area contributed by atoms with E-state index >= 15 is 0 Å². The van der Waals surface area contributed by atoms with Crippen molar-refractivity contribution < 1.29 is 28.6 Å². The van der Waals surface area contributed by atoms with Crippen molar-refractivity contribution in [2.75, 3.05) is 26.6 Å². The lowest BCUT2D eigenvalue weighted by atomic mass is 10.1. The molecule has 0 saturated carbocycles. The molecule has 0 radical (unpaired) electrons. The van der Waals surface area contributed by atoms with Crippen molar-refractivity contribution in [3.05, 3.63) is 70.9 Å². The largest absolute Gasteiger partial charge is 0.497 e. The summed E-state index contributed by atoms with van der Waals surface area (Å²) in [4.78, 5) is 36.1. The number of benzene rings is 2. The number of carbonyl (C=O) groups is 3. The Balaban J connectivity index is 2.18. The number of esters is 2. The topological polar surface area (TPSA) is 127 Å². The van der Waals surface area contributed by atoms with Crippen LogP contribution in [0.1, 0.15) is 26.3 Å². The van der Waals surface area contributed by atoms with Gasteiger partial charge in [0.15, 0.2) is 0 Å². The average Bonchev–Trinajstić information content (AvgIpc) is 2.82. The summed E-state index contributed by atoms with van der Waals surface area (Å²) in [6, 6.07) is 13.0. The summed E-state index contributed by atoms with van der Waals surface area (Å²) in [6.07, 6.45) is 1.15. The van der Waals surface area contributed by atoms with Crippen molar-refractivity contribution in [1.29, 1.82) is 5.26 Å². The van der Waals surface area contributed by atoms with Crippen molar-refractivity contribution in [2.24, 2.45) is 0 Å². The van der Waals surface area contributed by atoms with Gasteiger partial charge in [0.25, 0.3) is 5.91 Å². The molecule has 9 heteroatoms. The van der Waals surface area contributed by atoms with E-state index in [1.54, 1.807) is 37.4 Å². The van der Waals surface area contributed by atoms with Gasteiger partial charge in [-0.2, -0.15) is 5.26 Å². The first kappa shape index (κ1) is 23.0. The Morgan fingerprint density at radius 1 is 1.00 bits per heavy atom. The summed E-state index contributed by atoms with van der Waals surface area (Å²) in [5, 5.41) is 14.7. The number of hydrogen-bond acceptors (Lipinski definition) is 8. The molecule has 0 spiro atoms. The number of nitriles is 1. The Morgan fingerprint density at radius 2 is 1.68 bits per heavy atom. The van der Waals surface area contributed by atoms with Crippen LogP contribution in [0.2, 0.25) is 0 Å². The molecule has 0 heterocycles. The molecule has 1 amide bonds. The van der Waals surface area contributed by atoms with E-state index in [4.69, 9.17) is 9.47 Å². The van der Waals surface area contributed by atoms with Crippen LogP contribution in [0, 0.1) is 11.3 Å². The second-order valence-corrected chi connectivity index (χ2v) is 6.09. The van der Waals surface area contributed by atoms with Crippen LogP contribution in [0.5, 0.6) is 5.75 Å². The van der Waals surface area contributed by atoms with Crippen LogP contribution in [0.4, 0.5) is 5.69 Å². The number of nitrogens with one attached hydrogen (secondary N) is 2. The lowest BCUT2D eigenvalue weighted by Crippen LogP contribution is -2.24. The fraction of sp³-hybridized carbons (Fsp3) is 0.182. The molecular formula is C22H21N3O6. The van der Waals surface area contributed by atoms with Crippen molar-refractivity contribution in [2.45, 2.75) is 6.54 Å². The molecule has 31 heavy (non-hydrogen) atoms. The lowest BCUT2D eigenvalue weighted by Gasteiger charge is -2.10. The van der Waals surface area contributed by atoms with Gasteiger partial charge in [-0.1, -0.05) is 12.1 Å². The molecule has 0 aliphatic heterocycles. The SMILES string of the molecule is COC(=O)c1ccc(C(=O)OC)c(N/C=C(/C#N)C(=O)NCc2ccc(OC)cc2)c1. The second kappa shape index (κ2) is 11.0. The standard InChI is InChI=1S/C22H21N3O6/c1-29-17-7-4-14(5-8-17)12-25-20(26)16(11-23)13-24-19-10-15(21(27)30-2)6-9-18(19)22(28)31-3/h4-10,13,24H,12H2,1-3H3,(H,25,26)/b16-13-. The predicted molar refractivity (Wildman–Crippen MR) is 111 cm³/mol. The lowest BCUT2D eigenvalue weighted by molar-refractivity contribution is -0.117. The van der Waals surface area contributed by atoms with Gasteiger partial charge in [-0.05, 0) is 35.9 Å². The molecule has 0 saturated heterocycles. The van der Waals surface area contributed by atoms with Gasteiger partial charge in [-0.3, -0.25) is 4.79 Å². The Hall–Kier alpha value is -4.32. The normalized spacial score (nSPS) is 10.5. The quantitative estimate of drug-likeness (QED) is 0.376. The molecule has 9 nitrogen and oxygen atoms in total. The van der Waals surface area contributed by atoms with Gasteiger partial charge in [0.05, 0.1) is 38.1 Å². The van der Waals surface area contributed by atoms with E-state index in [-0.39, 0.29) is 28.9 Å². The maximum atomic E-state index is 12.4. The minimum Gasteiger partial charge on any atom is -0.497 e. The summed E-state index contributed by atoms with van der Waals surface area (Å²) < 4.78 is 14.5. The van der Waals surface area contributed by atoms with Crippen LogP contribution in [0.3, 0.4) is 0 Å². The molecule has 2 rings (SSSR count). The van der Waals surface area contributed by atoms with Gasteiger partial charge in [-0.15, -0.1) is 0 Å². The van der Waals surface area contributed by atoms with Crippen LogP contribution < -0.4 is 15.4 Å². The molecule has 2 N–H and O–H groups in total. The molecule has 0 unspecified atom stereocenters. The highest BCUT2D eigenvalue weighted by Gasteiger charge is 2.16. The molecule has 0 bridgehead atoms. The molecular weight excluding hydrogens is 402 g/mol. The van der Waals surface area contributed by atoms with Gasteiger partial charge in [0.1, 0.15) is 17.4 Å². The summed E-state index contributed by atoms with van der Waals surface area (Å²) in [7, 11) is 3.99. The maximum absolute atomic E-state index is 12.4. The van der Waals surface area contributed by atoms with Crippen LogP contribution in [0.15, 0.2) is 54.2 Å². The number of rotatable bonds is 8. The van der Waals surface area contributed by atoms with Crippen molar-refractivity contribution >= 4 is 23.5 Å². The third-order valence-corrected chi connectivity index (χ3v) is 4.20. The zero-order chi connectivity index (χ0) is 22.8. The van der Waals surface area contributed by atoms with Crippen molar-refractivity contribution in [1.82, 2.24) is 5.32 Å². The molecule has 0 aliphatic carbocycles. The first-order chi connectivity index (χ1) is 14.9. The number of methoxy groups -OCH3 is 3. The molecule has 0 fully saturated rings. The van der Waals surface area contributed by atoms with E-state index in [9.17, 15) is 19.6 Å². The highest BCUT2D eigenvalue weighted by atomic mass is 16.5. The zero-order valence-corrected chi connectivity index (χ0v) is 17.2. The van der Waals surface area contributed by atoms with Gasteiger partial charge in [-0.25, -0.2) is 9.59 Å². The molecule has 2 aromatic rings. The number of hydrogen-bond donors (Lipinski definition) is 2. The van der Waals surface area contributed by atoms with Crippen LogP contribution in [-0.2, 0) is 20.8 Å². The third kappa shape index (κ3) is 6.08. The first-order valence-electron chi connectivity index (χ1n) is 9.02. The Morgan fingerprint density at radius 3 is 2.26 bits per heavy atom. The fourth-order valence-electron chi connectivity index (χ4n) is 2.52. The number of carbonyl (C=O) groups excluding carboxylic acids is 3. The molecule has 0 atom stereocenters. The second-order valence-electron chi connectivity index (χ2n) is 6.09. The maximum Gasteiger partial charge on any atom is 0.339 e. The summed E-state index contributed by atoms with van der Waals surface area (Å²) in [6.45, 7) is 0.201. The van der Waals surface area contributed by atoms with E-state index in [2.05, 4.69) is 15.4 Å². The number of ether oxygens (including phenoxy) is 3. The van der Waals surface area contributed by atoms with Gasteiger partial charge >= 0.3 is 11.9 Å². The minimum atomic E-state index is -0.658. The number of nitrogens with zero attached hydrogens (tertiary/aromatic N) is 1. The summed E-state index contributed by atoms with van der Waals surface area (Å²) in [5.41, 5.74) is 1.05. The summed E-state index contributed by atoms with van der Waals surface area (Å²) in [5.74, 6) is -1.20. The molecule has 0 aromatic heterocycles. The average molecular weight is 423 g/mol. The van der Waals surface area contributed by atoms with E-state index in [0.717, 1.165) is 11.8 Å². The Labute approximate surface area is 179 Å². The zero-order valence-electron chi connectivity index (χ0n) is 17.2. The molecule has 0 aliphatic rings.